The van der Waals surface area contributed by atoms with Crippen LogP contribution >= 0.6 is 11.3 Å². The normalized spacial score (nSPS) is 11.4. The lowest BCUT2D eigenvalue weighted by molar-refractivity contribution is 0.242. The highest BCUT2D eigenvalue weighted by Crippen LogP contribution is 2.25. The maximum Gasteiger partial charge on any atom is 0.146 e. The molecule has 0 atom stereocenters. The Labute approximate surface area is 127 Å². The summed E-state index contributed by atoms with van der Waals surface area (Å²) in [4.78, 5) is 12.6. The molecule has 21 heavy (non-hydrogen) atoms. The smallest absolute Gasteiger partial charge is 0.146 e. The van der Waals surface area contributed by atoms with Crippen LogP contribution in [0.2, 0.25) is 0 Å². The van der Waals surface area contributed by atoms with E-state index >= 15 is 0 Å². The van der Waals surface area contributed by atoms with Crippen LogP contribution in [0.4, 0.5) is 5.82 Å². The topological polar surface area (TPSA) is 54.2 Å². The van der Waals surface area contributed by atoms with Gasteiger partial charge in [-0.2, -0.15) is 0 Å². The van der Waals surface area contributed by atoms with Crippen molar-refractivity contribution in [2.24, 2.45) is 0 Å². The van der Waals surface area contributed by atoms with E-state index in [2.05, 4.69) is 33.2 Å². The molecule has 110 valence electrons. The van der Waals surface area contributed by atoms with Crippen molar-refractivity contribution in [2.45, 2.75) is 20.0 Å². The fraction of sp³-hybridized carbons (Fsp3) is 0.333. The van der Waals surface area contributed by atoms with Crippen LogP contribution in [-0.2, 0) is 13.1 Å². The summed E-state index contributed by atoms with van der Waals surface area (Å²) in [5.74, 6) is 2.69. The Bertz CT molecular complexity index is 708. The fourth-order valence-corrected chi connectivity index (χ4v) is 3.05. The van der Waals surface area contributed by atoms with Gasteiger partial charge in [0.05, 0.1) is 24.7 Å². The second kappa shape index (κ2) is 6.24. The van der Waals surface area contributed by atoms with Gasteiger partial charge in [0.25, 0.3) is 0 Å². The quantitative estimate of drug-likeness (QED) is 0.757. The second-order valence-corrected chi connectivity index (χ2v) is 5.66. The van der Waals surface area contributed by atoms with Crippen molar-refractivity contribution in [1.29, 1.82) is 0 Å². The van der Waals surface area contributed by atoms with Gasteiger partial charge in [0.1, 0.15) is 22.2 Å². The molecule has 0 aliphatic carbocycles. The van der Waals surface area contributed by atoms with Crippen LogP contribution in [0.5, 0.6) is 0 Å². The van der Waals surface area contributed by atoms with Crippen molar-refractivity contribution < 1.29 is 4.42 Å². The zero-order chi connectivity index (χ0) is 14.7. The van der Waals surface area contributed by atoms with E-state index in [1.807, 2.05) is 24.6 Å². The first-order valence-corrected chi connectivity index (χ1v) is 7.84. The molecule has 0 unspecified atom stereocenters. The predicted molar refractivity (Wildman–Crippen MR) is 85.5 cm³/mol. The van der Waals surface area contributed by atoms with Gasteiger partial charge in [-0.25, -0.2) is 9.97 Å². The summed E-state index contributed by atoms with van der Waals surface area (Å²) < 4.78 is 5.41. The summed E-state index contributed by atoms with van der Waals surface area (Å²) in [5, 5.41) is 6.28. The van der Waals surface area contributed by atoms with Crippen LogP contribution in [0, 0.1) is 0 Å². The van der Waals surface area contributed by atoms with Gasteiger partial charge in [0.2, 0.25) is 0 Å². The van der Waals surface area contributed by atoms with Crippen LogP contribution in [0.1, 0.15) is 18.5 Å². The minimum Gasteiger partial charge on any atom is -0.468 e. The third kappa shape index (κ3) is 3.06. The third-order valence-corrected chi connectivity index (χ3v) is 4.19. The number of nitrogens with zero attached hydrogens (tertiary/aromatic N) is 3. The van der Waals surface area contributed by atoms with E-state index in [1.165, 1.54) is 0 Å². The van der Waals surface area contributed by atoms with Crippen molar-refractivity contribution in [3.63, 3.8) is 0 Å². The minimum atomic E-state index is 0.708. The summed E-state index contributed by atoms with van der Waals surface area (Å²) in [7, 11) is 1.89. The average molecular weight is 302 g/mol. The first-order chi connectivity index (χ1) is 10.3. The largest absolute Gasteiger partial charge is 0.468 e. The van der Waals surface area contributed by atoms with Crippen LogP contribution in [0.3, 0.4) is 0 Å². The van der Waals surface area contributed by atoms with Crippen LogP contribution in [-0.4, -0.2) is 28.5 Å². The zero-order valence-electron chi connectivity index (χ0n) is 12.2. The number of fused-ring (bicyclic) bond motifs is 1. The monoisotopic (exact) mass is 302 g/mol. The summed E-state index contributed by atoms with van der Waals surface area (Å²) in [5.41, 5.74) is 0. The molecule has 0 bridgehead atoms. The maximum absolute atomic E-state index is 5.41. The zero-order valence-corrected chi connectivity index (χ0v) is 13.0. The third-order valence-electron chi connectivity index (χ3n) is 3.38. The number of hydrogen-bond donors (Lipinski definition) is 1. The van der Waals surface area contributed by atoms with E-state index in [9.17, 15) is 0 Å². The molecule has 0 aliphatic heterocycles. The Balaban J connectivity index is 1.82. The van der Waals surface area contributed by atoms with Crippen LogP contribution in [0.25, 0.3) is 10.2 Å². The van der Waals surface area contributed by atoms with Crippen molar-refractivity contribution in [2.75, 3.05) is 18.9 Å². The first kappa shape index (κ1) is 14.0. The predicted octanol–water partition coefficient (Wildman–Crippen LogP) is 3.35. The average Bonchev–Trinajstić information content (AvgIpc) is 3.16. The SMILES string of the molecule is CCN(Cc1nc(NC)c2ccsc2n1)Cc1ccco1. The molecule has 0 saturated carbocycles. The highest BCUT2D eigenvalue weighted by atomic mass is 32.1. The lowest BCUT2D eigenvalue weighted by Crippen LogP contribution is -2.23. The van der Waals surface area contributed by atoms with E-state index in [1.54, 1.807) is 17.6 Å². The van der Waals surface area contributed by atoms with Gasteiger partial charge in [0.15, 0.2) is 0 Å². The van der Waals surface area contributed by atoms with Gasteiger partial charge < -0.3 is 9.73 Å². The molecular weight excluding hydrogens is 284 g/mol. The number of thiophene rings is 1. The lowest BCUT2D eigenvalue weighted by atomic mass is 10.3. The number of nitrogens with one attached hydrogen (secondary N) is 1. The molecule has 5 nitrogen and oxygen atoms in total. The van der Waals surface area contributed by atoms with Gasteiger partial charge in [-0.3, -0.25) is 4.90 Å². The Morgan fingerprint density at radius 3 is 2.90 bits per heavy atom. The molecule has 0 aromatic carbocycles. The van der Waals surface area contributed by atoms with Gasteiger partial charge in [-0.15, -0.1) is 11.3 Å². The van der Waals surface area contributed by atoms with Crippen molar-refractivity contribution in [3.05, 3.63) is 41.4 Å². The number of anilines is 1. The van der Waals surface area contributed by atoms with Gasteiger partial charge in [-0.05, 0) is 30.1 Å². The van der Waals surface area contributed by atoms with Crippen LogP contribution < -0.4 is 5.32 Å². The van der Waals surface area contributed by atoms with Crippen molar-refractivity contribution >= 4 is 27.4 Å². The fourth-order valence-electron chi connectivity index (χ4n) is 2.26. The standard InChI is InChI=1S/C15H18N4OS/c1-3-19(9-11-5-4-7-20-11)10-13-17-14(16-2)12-6-8-21-15(12)18-13/h4-8H,3,9-10H2,1-2H3,(H,16,17,18). The molecule has 3 aromatic heterocycles. The highest BCUT2D eigenvalue weighted by Gasteiger charge is 2.12. The first-order valence-electron chi connectivity index (χ1n) is 6.96. The Morgan fingerprint density at radius 2 is 2.19 bits per heavy atom. The highest BCUT2D eigenvalue weighted by molar-refractivity contribution is 7.16. The van der Waals surface area contributed by atoms with E-state index < -0.39 is 0 Å². The number of furan rings is 1. The van der Waals surface area contributed by atoms with Crippen molar-refractivity contribution in [1.82, 2.24) is 14.9 Å². The molecule has 6 heteroatoms. The summed E-state index contributed by atoms with van der Waals surface area (Å²) in [6, 6.07) is 5.96. The van der Waals surface area contributed by atoms with Gasteiger partial charge >= 0.3 is 0 Å². The second-order valence-electron chi connectivity index (χ2n) is 4.76. The molecule has 1 N–H and O–H groups in total. The molecule has 0 fully saturated rings. The summed E-state index contributed by atoms with van der Waals surface area (Å²) in [6.45, 7) is 4.52. The summed E-state index contributed by atoms with van der Waals surface area (Å²) >= 11 is 1.64. The molecule has 0 saturated heterocycles. The number of rotatable bonds is 6. The minimum absolute atomic E-state index is 0.708. The van der Waals surface area contributed by atoms with Gasteiger partial charge in [-0.1, -0.05) is 6.92 Å². The number of hydrogen-bond acceptors (Lipinski definition) is 6. The molecule has 3 heterocycles. The van der Waals surface area contributed by atoms with Crippen molar-refractivity contribution in [3.8, 4) is 0 Å². The van der Waals surface area contributed by atoms with E-state index in [0.29, 0.717) is 6.54 Å². The summed E-state index contributed by atoms with van der Waals surface area (Å²) in [6.07, 6.45) is 1.70. The molecule has 3 rings (SSSR count). The van der Waals surface area contributed by atoms with E-state index in [4.69, 9.17) is 4.42 Å². The molecule has 0 aliphatic rings. The van der Waals surface area contributed by atoms with Crippen LogP contribution in [0.15, 0.2) is 34.3 Å². The van der Waals surface area contributed by atoms with Gasteiger partial charge in [0, 0.05) is 7.05 Å². The van der Waals surface area contributed by atoms with E-state index in [0.717, 1.165) is 40.7 Å². The Hall–Kier alpha value is -1.92. The van der Waals surface area contributed by atoms with E-state index in [-0.39, 0.29) is 0 Å². The lowest BCUT2D eigenvalue weighted by Gasteiger charge is -2.18. The molecule has 0 spiro atoms. The molecule has 0 amide bonds. The maximum atomic E-state index is 5.41. The number of aromatic nitrogens is 2. The molecular formula is C15H18N4OS. The Kier molecular flexibility index (Phi) is 4.17. The molecule has 3 aromatic rings. The Morgan fingerprint density at radius 1 is 1.29 bits per heavy atom. The molecule has 0 radical (unpaired) electrons.